The second-order valence-corrected chi connectivity index (χ2v) is 6.39. The number of fused-ring (bicyclic) bond motifs is 1. The highest BCUT2D eigenvalue weighted by molar-refractivity contribution is 9.10. The van der Waals surface area contributed by atoms with Crippen molar-refractivity contribution in [2.45, 2.75) is 13.8 Å². The lowest BCUT2D eigenvalue weighted by atomic mass is 10.2. The van der Waals surface area contributed by atoms with Crippen molar-refractivity contribution in [3.8, 4) is 10.6 Å². The molecule has 8 heteroatoms. The number of halogens is 1. The second-order valence-electron chi connectivity index (χ2n) is 4.58. The number of benzene rings is 1. The lowest BCUT2D eigenvalue weighted by Gasteiger charge is -2.16. The van der Waals surface area contributed by atoms with Gasteiger partial charge < -0.3 is 4.90 Å². The first-order valence-corrected chi connectivity index (χ1v) is 8.53. The molecule has 0 saturated carbocycles. The van der Waals surface area contributed by atoms with Gasteiger partial charge in [0.15, 0.2) is 0 Å². The summed E-state index contributed by atoms with van der Waals surface area (Å²) in [5.74, 6) is 0.106. The van der Waals surface area contributed by atoms with Crippen molar-refractivity contribution < 1.29 is 4.79 Å². The van der Waals surface area contributed by atoms with Crippen LogP contribution in [0, 0.1) is 0 Å². The van der Waals surface area contributed by atoms with Crippen LogP contribution in [0.4, 0.5) is 0 Å². The predicted molar refractivity (Wildman–Crippen MR) is 89.0 cm³/mol. The Bertz CT molecular complexity index is 824. The molecule has 0 aliphatic carbocycles. The van der Waals surface area contributed by atoms with E-state index in [9.17, 15) is 4.79 Å². The van der Waals surface area contributed by atoms with Crippen LogP contribution in [-0.2, 0) is 0 Å². The minimum atomic E-state index is -0.151. The van der Waals surface area contributed by atoms with E-state index in [1.54, 1.807) is 4.90 Å². The van der Waals surface area contributed by atoms with Gasteiger partial charge in [0.05, 0.1) is 0 Å². The number of hydrogen-bond donors (Lipinski definition) is 0. The van der Waals surface area contributed by atoms with E-state index in [0.29, 0.717) is 18.1 Å². The molecule has 6 nitrogen and oxygen atoms in total. The van der Waals surface area contributed by atoms with Gasteiger partial charge >= 0.3 is 0 Å². The quantitative estimate of drug-likeness (QED) is 0.698. The van der Waals surface area contributed by atoms with Crippen molar-refractivity contribution in [3.63, 3.8) is 0 Å². The zero-order valence-corrected chi connectivity index (χ0v) is 14.6. The maximum atomic E-state index is 12.5. The minimum Gasteiger partial charge on any atom is -0.336 e. The Balaban J connectivity index is 2.06. The monoisotopic (exact) mass is 379 g/mol. The highest BCUT2D eigenvalue weighted by Gasteiger charge is 2.22. The number of carbonyl (C=O) groups excluding carboxylic acids is 1. The van der Waals surface area contributed by atoms with Gasteiger partial charge in [0.25, 0.3) is 5.91 Å². The molecule has 22 heavy (non-hydrogen) atoms. The molecule has 1 aromatic carbocycles. The van der Waals surface area contributed by atoms with Crippen molar-refractivity contribution in [2.24, 2.45) is 0 Å². The fourth-order valence-corrected chi connectivity index (χ4v) is 3.63. The zero-order chi connectivity index (χ0) is 15.7. The topological polar surface area (TPSA) is 63.4 Å². The molecule has 0 unspecified atom stereocenters. The van der Waals surface area contributed by atoms with Gasteiger partial charge in [-0.3, -0.25) is 4.79 Å². The number of rotatable bonds is 4. The number of aromatic nitrogens is 4. The summed E-state index contributed by atoms with van der Waals surface area (Å²) in [4.78, 5) is 14.8. The fraction of sp³-hybridized carbons (Fsp3) is 0.286. The average molecular weight is 380 g/mol. The van der Waals surface area contributed by atoms with Crippen LogP contribution in [-0.4, -0.2) is 43.7 Å². The standard InChI is InChI=1S/C14H14BrN5OS/c1-3-19(4-2)13(21)11-16-17-14-20(11)18-12(22-14)9-7-5-6-8-10(9)15/h5-8H,3-4H2,1-2H3. The summed E-state index contributed by atoms with van der Waals surface area (Å²) < 4.78 is 2.48. The number of nitrogens with zero attached hydrogens (tertiary/aromatic N) is 5. The minimum absolute atomic E-state index is 0.151. The third-order valence-corrected chi connectivity index (χ3v) is 4.96. The molecule has 0 N–H and O–H groups in total. The van der Waals surface area contributed by atoms with Gasteiger partial charge in [0.1, 0.15) is 5.01 Å². The molecule has 0 aliphatic rings. The average Bonchev–Trinajstić information content (AvgIpc) is 3.08. The van der Waals surface area contributed by atoms with Crippen molar-refractivity contribution in [2.75, 3.05) is 13.1 Å². The van der Waals surface area contributed by atoms with Gasteiger partial charge in [0, 0.05) is 23.1 Å². The highest BCUT2D eigenvalue weighted by Crippen LogP contribution is 2.31. The third kappa shape index (κ3) is 2.52. The molecule has 3 rings (SSSR count). The molecule has 0 spiro atoms. The number of hydrogen-bond acceptors (Lipinski definition) is 5. The highest BCUT2D eigenvalue weighted by atomic mass is 79.9. The van der Waals surface area contributed by atoms with Crippen LogP contribution in [0.25, 0.3) is 15.5 Å². The van der Waals surface area contributed by atoms with Gasteiger partial charge in [-0.25, -0.2) is 0 Å². The molecule has 114 valence electrons. The molecule has 0 bridgehead atoms. The summed E-state index contributed by atoms with van der Waals surface area (Å²) in [7, 11) is 0. The van der Waals surface area contributed by atoms with E-state index in [4.69, 9.17) is 0 Å². The Morgan fingerprint density at radius 2 is 2.00 bits per heavy atom. The smallest absolute Gasteiger partial charge is 0.293 e. The van der Waals surface area contributed by atoms with E-state index in [0.717, 1.165) is 15.0 Å². The summed E-state index contributed by atoms with van der Waals surface area (Å²) in [5.41, 5.74) is 0.972. The number of carbonyl (C=O) groups is 1. The first kappa shape index (κ1) is 15.1. The molecule has 0 atom stereocenters. The second kappa shape index (κ2) is 6.13. The molecule has 0 aliphatic heterocycles. The van der Waals surface area contributed by atoms with E-state index in [-0.39, 0.29) is 11.7 Å². The summed E-state index contributed by atoms with van der Waals surface area (Å²) in [6.07, 6.45) is 0. The maximum absolute atomic E-state index is 12.5. The molecule has 2 heterocycles. The largest absolute Gasteiger partial charge is 0.336 e. The van der Waals surface area contributed by atoms with Crippen molar-refractivity contribution in [1.29, 1.82) is 0 Å². The van der Waals surface area contributed by atoms with Gasteiger partial charge in [-0.2, -0.15) is 9.61 Å². The molecule has 3 aromatic rings. The Labute approximate surface area is 139 Å². The maximum Gasteiger partial charge on any atom is 0.293 e. The number of amides is 1. The van der Waals surface area contributed by atoms with Crippen LogP contribution in [0.15, 0.2) is 28.7 Å². The Morgan fingerprint density at radius 3 is 2.68 bits per heavy atom. The van der Waals surface area contributed by atoms with Crippen LogP contribution >= 0.6 is 27.3 Å². The predicted octanol–water partition coefficient (Wildman–Crippen LogP) is 3.10. The lowest BCUT2D eigenvalue weighted by Crippen LogP contribution is -2.32. The van der Waals surface area contributed by atoms with E-state index in [1.165, 1.54) is 15.9 Å². The van der Waals surface area contributed by atoms with Crippen LogP contribution in [0.1, 0.15) is 24.5 Å². The van der Waals surface area contributed by atoms with E-state index in [2.05, 4.69) is 31.2 Å². The van der Waals surface area contributed by atoms with E-state index < -0.39 is 0 Å². The molecule has 0 fully saturated rings. The van der Waals surface area contributed by atoms with E-state index >= 15 is 0 Å². The summed E-state index contributed by atoms with van der Waals surface area (Å²) >= 11 is 4.92. The molecular formula is C14H14BrN5OS. The van der Waals surface area contributed by atoms with Crippen molar-refractivity contribution >= 4 is 38.1 Å². The Morgan fingerprint density at radius 1 is 1.27 bits per heavy atom. The SMILES string of the molecule is CCN(CC)C(=O)c1nnc2sc(-c3ccccc3Br)nn12. The van der Waals surface area contributed by atoms with Gasteiger partial charge in [0.2, 0.25) is 10.8 Å². The first-order chi connectivity index (χ1) is 10.7. The third-order valence-electron chi connectivity index (χ3n) is 3.34. The Hall–Kier alpha value is -1.80. The summed E-state index contributed by atoms with van der Waals surface area (Å²) in [6.45, 7) is 5.14. The normalized spacial score (nSPS) is 11.0. The summed E-state index contributed by atoms with van der Waals surface area (Å²) in [6, 6.07) is 7.83. The fourth-order valence-electron chi connectivity index (χ4n) is 2.15. The summed E-state index contributed by atoms with van der Waals surface area (Å²) in [5, 5.41) is 13.4. The molecule has 1 amide bonds. The van der Waals surface area contributed by atoms with E-state index in [1.807, 2.05) is 38.1 Å². The van der Waals surface area contributed by atoms with Crippen LogP contribution in [0.3, 0.4) is 0 Å². The molecule has 0 radical (unpaired) electrons. The molecule has 0 saturated heterocycles. The Kier molecular flexibility index (Phi) is 4.21. The molecule has 2 aromatic heterocycles. The van der Waals surface area contributed by atoms with Crippen LogP contribution in [0.2, 0.25) is 0 Å². The first-order valence-electron chi connectivity index (χ1n) is 6.92. The van der Waals surface area contributed by atoms with Gasteiger partial charge in [-0.1, -0.05) is 45.5 Å². The van der Waals surface area contributed by atoms with Gasteiger partial charge in [-0.05, 0) is 19.9 Å². The molecular weight excluding hydrogens is 366 g/mol. The zero-order valence-electron chi connectivity index (χ0n) is 12.2. The van der Waals surface area contributed by atoms with Crippen LogP contribution in [0.5, 0.6) is 0 Å². The van der Waals surface area contributed by atoms with Crippen molar-refractivity contribution in [3.05, 3.63) is 34.6 Å². The van der Waals surface area contributed by atoms with Gasteiger partial charge in [-0.15, -0.1) is 10.2 Å². The van der Waals surface area contributed by atoms with Crippen molar-refractivity contribution in [1.82, 2.24) is 24.7 Å². The van der Waals surface area contributed by atoms with Crippen LogP contribution < -0.4 is 0 Å². The lowest BCUT2D eigenvalue weighted by molar-refractivity contribution is 0.0758.